The summed E-state index contributed by atoms with van der Waals surface area (Å²) in [6.45, 7) is 2.39. The largest absolute Gasteiger partial charge is 0.216 e. The number of halogens is 1. The van der Waals surface area contributed by atoms with E-state index >= 15 is 0 Å². The second-order valence-corrected chi connectivity index (χ2v) is 6.01. The van der Waals surface area contributed by atoms with Crippen LogP contribution in [0.15, 0.2) is 12.4 Å². The lowest BCUT2D eigenvalue weighted by molar-refractivity contribution is 0.160. The van der Waals surface area contributed by atoms with Crippen molar-refractivity contribution in [1.82, 2.24) is 0 Å². The van der Waals surface area contributed by atoms with Gasteiger partial charge in [-0.2, -0.15) is 0 Å². The van der Waals surface area contributed by atoms with Crippen molar-refractivity contribution in [3.8, 4) is 0 Å². The fraction of sp³-hybridized carbons (Fsp3) is 0.867. The molecule has 2 rings (SSSR count). The van der Waals surface area contributed by atoms with Crippen molar-refractivity contribution in [3.63, 3.8) is 0 Å². The van der Waals surface area contributed by atoms with Gasteiger partial charge in [0.1, 0.15) is 0 Å². The molecule has 16 heavy (non-hydrogen) atoms. The van der Waals surface area contributed by atoms with Gasteiger partial charge in [0.2, 0.25) is 0 Å². The van der Waals surface area contributed by atoms with Crippen molar-refractivity contribution in [1.29, 1.82) is 0 Å². The molecule has 2 aliphatic rings. The molecule has 0 bridgehead atoms. The van der Waals surface area contributed by atoms with Gasteiger partial charge < -0.3 is 0 Å². The average molecular weight is 224 g/mol. The molecule has 0 nitrogen and oxygen atoms in total. The topological polar surface area (TPSA) is 0 Å². The van der Waals surface area contributed by atoms with Crippen LogP contribution in [-0.4, -0.2) is 0 Å². The molecule has 0 saturated heterocycles. The normalized spacial score (nSPS) is 41.4. The molecule has 0 aromatic heterocycles. The molecule has 0 atom stereocenters. The second kappa shape index (κ2) is 5.84. The molecule has 0 aromatic carbocycles. The summed E-state index contributed by atoms with van der Waals surface area (Å²) in [6.07, 6.45) is 13.4. The third kappa shape index (κ3) is 3.09. The van der Waals surface area contributed by atoms with Gasteiger partial charge in [-0.1, -0.05) is 25.8 Å². The smallest absolute Gasteiger partial charge is 0.0829 e. The maximum absolute atomic E-state index is 12.1. The Morgan fingerprint density at radius 2 is 1.31 bits per heavy atom. The van der Waals surface area contributed by atoms with E-state index in [9.17, 15) is 4.39 Å². The Hall–Kier alpha value is -0.330. The molecule has 0 aliphatic heterocycles. The van der Waals surface area contributed by atoms with Gasteiger partial charge in [0.05, 0.1) is 6.33 Å². The van der Waals surface area contributed by atoms with Crippen molar-refractivity contribution in [2.75, 3.05) is 0 Å². The lowest BCUT2D eigenvalue weighted by atomic mass is 9.69. The maximum Gasteiger partial charge on any atom is 0.0829 e. The van der Waals surface area contributed by atoms with Crippen molar-refractivity contribution in [3.05, 3.63) is 12.4 Å². The zero-order valence-electron chi connectivity index (χ0n) is 10.5. The summed E-state index contributed by atoms with van der Waals surface area (Å²) < 4.78 is 12.1. The van der Waals surface area contributed by atoms with Gasteiger partial charge in [0.25, 0.3) is 0 Å². The molecule has 2 fully saturated rings. The molecule has 0 radical (unpaired) electrons. The maximum atomic E-state index is 12.1. The fourth-order valence-corrected chi connectivity index (χ4v) is 3.67. The van der Waals surface area contributed by atoms with Gasteiger partial charge in [0.15, 0.2) is 0 Å². The molecule has 1 heteroatoms. The van der Waals surface area contributed by atoms with Crippen LogP contribution in [0.5, 0.6) is 0 Å². The SMILES string of the molecule is CC1CCC(C2CCC(/C=C\F)CC2)CC1. The molecule has 2 aliphatic carbocycles. The zero-order valence-corrected chi connectivity index (χ0v) is 10.5. The van der Waals surface area contributed by atoms with Gasteiger partial charge in [-0.15, -0.1) is 0 Å². The average Bonchev–Trinajstić information content (AvgIpc) is 2.32. The summed E-state index contributed by atoms with van der Waals surface area (Å²) in [6, 6.07) is 0. The first kappa shape index (κ1) is 12.1. The van der Waals surface area contributed by atoms with Gasteiger partial charge in [-0.25, -0.2) is 4.39 Å². The van der Waals surface area contributed by atoms with Gasteiger partial charge in [-0.3, -0.25) is 0 Å². The number of rotatable bonds is 2. The van der Waals surface area contributed by atoms with Crippen LogP contribution in [0.1, 0.15) is 58.3 Å². The van der Waals surface area contributed by atoms with Gasteiger partial charge in [-0.05, 0) is 62.2 Å². The summed E-state index contributed by atoms with van der Waals surface area (Å²) in [7, 11) is 0. The van der Waals surface area contributed by atoms with E-state index in [-0.39, 0.29) is 0 Å². The highest BCUT2D eigenvalue weighted by Gasteiger charge is 2.29. The van der Waals surface area contributed by atoms with Crippen LogP contribution >= 0.6 is 0 Å². The minimum absolute atomic E-state index is 0.531. The molecule has 0 spiro atoms. The Labute approximate surface area is 99.3 Å². The van der Waals surface area contributed by atoms with E-state index < -0.39 is 0 Å². The predicted octanol–water partition coefficient (Wildman–Crippen LogP) is 5.10. The van der Waals surface area contributed by atoms with Crippen molar-refractivity contribution >= 4 is 0 Å². The van der Waals surface area contributed by atoms with E-state index in [2.05, 4.69) is 6.92 Å². The van der Waals surface area contributed by atoms with Crippen LogP contribution in [-0.2, 0) is 0 Å². The third-order valence-corrected chi connectivity index (χ3v) is 4.89. The molecular formula is C15H25F. The molecule has 0 N–H and O–H groups in total. The van der Waals surface area contributed by atoms with Crippen LogP contribution < -0.4 is 0 Å². The molecular weight excluding hydrogens is 199 g/mol. The van der Waals surface area contributed by atoms with Gasteiger partial charge >= 0.3 is 0 Å². The van der Waals surface area contributed by atoms with E-state index in [0.717, 1.165) is 24.1 Å². The summed E-state index contributed by atoms with van der Waals surface area (Å²) in [5.74, 6) is 3.44. The fourth-order valence-electron chi connectivity index (χ4n) is 3.67. The minimum Gasteiger partial charge on any atom is -0.216 e. The first-order chi connectivity index (χ1) is 7.79. The van der Waals surface area contributed by atoms with E-state index in [1.165, 1.54) is 51.4 Å². The monoisotopic (exact) mass is 224 g/mol. The van der Waals surface area contributed by atoms with Crippen LogP contribution in [0.3, 0.4) is 0 Å². The Balaban J connectivity index is 1.76. The van der Waals surface area contributed by atoms with Crippen LogP contribution in [0.2, 0.25) is 0 Å². The quantitative estimate of drug-likeness (QED) is 0.612. The molecule has 2 saturated carbocycles. The highest BCUT2D eigenvalue weighted by molar-refractivity contribution is 4.88. The standard InChI is InChI=1S/C15H25F/c1-12-2-6-14(7-3-12)15-8-4-13(5-9-15)10-11-16/h10-15H,2-9H2,1H3/b11-10-. The highest BCUT2D eigenvalue weighted by atomic mass is 19.1. The van der Waals surface area contributed by atoms with E-state index in [1.807, 2.05) is 0 Å². The number of hydrogen-bond donors (Lipinski definition) is 0. The number of hydrogen-bond acceptors (Lipinski definition) is 0. The Morgan fingerprint density at radius 1 is 0.812 bits per heavy atom. The van der Waals surface area contributed by atoms with Crippen LogP contribution in [0, 0.1) is 23.7 Å². The molecule has 92 valence electrons. The molecule has 0 heterocycles. The van der Waals surface area contributed by atoms with Gasteiger partial charge in [0, 0.05) is 0 Å². The van der Waals surface area contributed by atoms with Crippen molar-refractivity contribution in [2.45, 2.75) is 58.3 Å². The minimum atomic E-state index is 0.531. The van der Waals surface area contributed by atoms with Crippen molar-refractivity contribution in [2.24, 2.45) is 23.7 Å². The van der Waals surface area contributed by atoms with Crippen LogP contribution in [0.25, 0.3) is 0 Å². The Morgan fingerprint density at radius 3 is 1.81 bits per heavy atom. The summed E-state index contributed by atoms with van der Waals surface area (Å²) in [5.41, 5.74) is 0. The highest BCUT2D eigenvalue weighted by Crippen LogP contribution is 2.41. The Bertz CT molecular complexity index is 218. The summed E-state index contributed by atoms with van der Waals surface area (Å²) in [5, 5.41) is 0. The molecule has 0 aromatic rings. The summed E-state index contributed by atoms with van der Waals surface area (Å²) >= 11 is 0. The lowest BCUT2D eigenvalue weighted by Gasteiger charge is -2.36. The second-order valence-electron chi connectivity index (χ2n) is 6.01. The van der Waals surface area contributed by atoms with E-state index in [4.69, 9.17) is 0 Å². The lowest BCUT2D eigenvalue weighted by Crippen LogP contribution is -2.24. The van der Waals surface area contributed by atoms with E-state index in [0.29, 0.717) is 5.92 Å². The molecule has 0 amide bonds. The van der Waals surface area contributed by atoms with E-state index in [1.54, 1.807) is 6.08 Å². The molecule has 0 unspecified atom stereocenters. The Kier molecular flexibility index (Phi) is 4.43. The zero-order chi connectivity index (χ0) is 11.4. The third-order valence-electron chi connectivity index (χ3n) is 4.89. The van der Waals surface area contributed by atoms with Crippen molar-refractivity contribution < 1.29 is 4.39 Å². The number of allylic oxidation sites excluding steroid dienone is 1. The summed E-state index contributed by atoms with van der Waals surface area (Å²) in [4.78, 5) is 0. The predicted molar refractivity (Wildman–Crippen MR) is 66.8 cm³/mol. The first-order valence-electron chi connectivity index (χ1n) is 7.06. The first-order valence-corrected chi connectivity index (χ1v) is 7.06. The van der Waals surface area contributed by atoms with Crippen LogP contribution in [0.4, 0.5) is 4.39 Å².